The molecular weight excluding hydrogens is 981 g/mol. The van der Waals surface area contributed by atoms with Gasteiger partial charge in [-0.3, -0.25) is 9.59 Å². The van der Waals surface area contributed by atoms with E-state index < -0.39 is 6.10 Å². The van der Waals surface area contributed by atoms with Crippen LogP contribution < -0.4 is 0 Å². The average Bonchev–Trinajstić information content (AvgIpc) is 3.46. The van der Waals surface area contributed by atoms with Gasteiger partial charge in [0.15, 0.2) is 6.10 Å². The van der Waals surface area contributed by atoms with Crippen LogP contribution in [0.1, 0.15) is 373 Å². The number of allylic oxidation sites excluding steroid dienone is 12. The van der Waals surface area contributed by atoms with Gasteiger partial charge in [-0.1, -0.05) is 350 Å². The van der Waals surface area contributed by atoms with Gasteiger partial charge in [0.2, 0.25) is 0 Å². The highest BCUT2D eigenvalue weighted by molar-refractivity contribution is 5.70. The van der Waals surface area contributed by atoms with E-state index in [0.717, 1.165) is 70.6 Å². The molecule has 0 amide bonds. The molecule has 0 saturated heterocycles. The highest BCUT2D eigenvalue weighted by Gasteiger charge is 2.16. The number of aliphatic hydroxyl groups is 1. The topological polar surface area (TPSA) is 72.8 Å². The van der Waals surface area contributed by atoms with Crippen molar-refractivity contribution in [1.29, 1.82) is 0 Å². The summed E-state index contributed by atoms with van der Waals surface area (Å²) in [7, 11) is 0. The Morgan fingerprint density at radius 3 is 0.825 bits per heavy atom. The zero-order valence-electron chi connectivity index (χ0n) is 53.6. The smallest absolute Gasteiger partial charge is 0.306 e. The summed E-state index contributed by atoms with van der Waals surface area (Å²) >= 11 is 0. The van der Waals surface area contributed by atoms with Gasteiger partial charge in [0.1, 0.15) is 6.61 Å². The molecule has 1 atom stereocenters. The normalized spacial score (nSPS) is 12.6. The highest BCUT2D eigenvalue weighted by atomic mass is 16.6. The Labute approximate surface area is 499 Å². The fraction of sp³-hybridized carbons (Fsp3) is 0.813. The maximum atomic E-state index is 12.4. The fourth-order valence-corrected chi connectivity index (χ4v) is 10.7. The third-order valence-corrected chi connectivity index (χ3v) is 16.0. The Kier molecular flexibility index (Phi) is 68.3. The van der Waals surface area contributed by atoms with E-state index in [0.29, 0.717) is 12.8 Å². The summed E-state index contributed by atoms with van der Waals surface area (Å²) in [6, 6.07) is 0. The largest absolute Gasteiger partial charge is 0.462 e. The van der Waals surface area contributed by atoms with Crippen molar-refractivity contribution < 1.29 is 24.2 Å². The Morgan fingerprint density at radius 2 is 0.537 bits per heavy atom. The van der Waals surface area contributed by atoms with E-state index >= 15 is 0 Å². The van der Waals surface area contributed by atoms with Crippen molar-refractivity contribution in [2.75, 3.05) is 13.2 Å². The molecule has 0 spiro atoms. The lowest BCUT2D eigenvalue weighted by molar-refractivity contribution is -0.161. The molecule has 80 heavy (non-hydrogen) atoms. The predicted octanol–water partition coefficient (Wildman–Crippen LogP) is 24.7. The van der Waals surface area contributed by atoms with E-state index in [1.54, 1.807) is 0 Å². The van der Waals surface area contributed by atoms with Gasteiger partial charge in [0.25, 0.3) is 0 Å². The molecular formula is C75H136O5. The zero-order chi connectivity index (χ0) is 57.6. The summed E-state index contributed by atoms with van der Waals surface area (Å²) in [5.41, 5.74) is 0. The minimum absolute atomic E-state index is 0.0639. The summed E-state index contributed by atoms with van der Waals surface area (Å²) in [6.07, 6.45) is 98.0. The fourth-order valence-electron chi connectivity index (χ4n) is 10.7. The maximum absolute atomic E-state index is 12.4. The van der Waals surface area contributed by atoms with Crippen LogP contribution in [-0.2, 0) is 19.1 Å². The lowest BCUT2D eigenvalue weighted by Gasteiger charge is -2.15. The predicted molar refractivity (Wildman–Crippen MR) is 353 cm³/mol. The number of ether oxygens (including phenoxy) is 2. The average molecular weight is 1120 g/mol. The maximum Gasteiger partial charge on any atom is 0.306 e. The second-order valence-corrected chi connectivity index (χ2v) is 23.9. The summed E-state index contributed by atoms with van der Waals surface area (Å²) in [6.45, 7) is 4.07. The number of esters is 2. The van der Waals surface area contributed by atoms with Crippen molar-refractivity contribution in [3.63, 3.8) is 0 Å². The van der Waals surface area contributed by atoms with Crippen LogP contribution in [0, 0.1) is 0 Å². The SMILES string of the molecule is CC/C=C\C/C=C\C/C=C\C/C=C\C/C=C\CCCCCCCCCCCCCCCC(=O)OC(CO)COC(=O)CCCCCCCCCCCCCCCCCCCCCCCCCCC/C=C\CCCCCCCCCC. The summed E-state index contributed by atoms with van der Waals surface area (Å²) in [4.78, 5) is 24.7. The molecule has 0 aromatic rings. The summed E-state index contributed by atoms with van der Waals surface area (Å²) in [5.74, 6) is -0.575. The zero-order valence-corrected chi connectivity index (χ0v) is 53.6. The van der Waals surface area contributed by atoms with Gasteiger partial charge in [-0.25, -0.2) is 0 Å². The molecule has 0 aromatic heterocycles. The Hall–Kier alpha value is -2.66. The number of carbonyl (C=O) groups excluding carboxylic acids is 2. The number of rotatable bonds is 66. The molecule has 0 aliphatic heterocycles. The first-order valence-electron chi connectivity index (χ1n) is 35.5. The minimum atomic E-state index is -0.775. The molecule has 0 saturated carbocycles. The molecule has 5 heteroatoms. The summed E-state index contributed by atoms with van der Waals surface area (Å²) in [5, 5.41) is 9.70. The molecule has 1 unspecified atom stereocenters. The number of aliphatic hydroxyl groups excluding tert-OH is 1. The molecule has 0 rings (SSSR count). The lowest BCUT2D eigenvalue weighted by Crippen LogP contribution is -2.28. The van der Waals surface area contributed by atoms with Gasteiger partial charge in [-0.15, -0.1) is 0 Å². The van der Waals surface area contributed by atoms with Crippen molar-refractivity contribution in [2.24, 2.45) is 0 Å². The quantitative estimate of drug-likeness (QED) is 0.0373. The monoisotopic (exact) mass is 1120 g/mol. The first-order valence-corrected chi connectivity index (χ1v) is 35.5. The van der Waals surface area contributed by atoms with Crippen LogP contribution in [0.3, 0.4) is 0 Å². The minimum Gasteiger partial charge on any atom is -0.462 e. The van der Waals surface area contributed by atoms with Crippen LogP contribution in [0.5, 0.6) is 0 Å². The third kappa shape index (κ3) is 67.8. The molecule has 0 radical (unpaired) electrons. The van der Waals surface area contributed by atoms with Crippen molar-refractivity contribution in [3.8, 4) is 0 Å². The molecule has 0 aliphatic carbocycles. The van der Waals surface area contributed by atoms with Crippen LogP contribution in [0.2, 0.25) is 0 Å². The van der Waals surface area contributed by atoms with Crippen LogP contribution in [0.25, 0.3) is 0 Å². The molecule has 5 nitrogen and oxygen atoms in total. The van der Waals surface area contributed by atoms with Crippen LogP contribution in [0.15, 0.2) is 72.9 Å². The van der Waals surface area contributed by atoms with Gasteiger partial charge in [-0.05, 0) is 83.5 Å². The number of hydrogen-bond acceptors (Lipinski definition) is 5. The van der Waals surface area contributed by atoms with Crippen molar-refractivity contribution in [1.82, 2.24) is 0 Å². The standard InChI is InChI=1S/C75H136O5/c1-3-5-7-9-11-13-15-17-19-21-23-25-27-29-31-33-34-35-36-37-38-39-40-42-43-45-47-49-51-53-55-57-59-61-63-65-67-69-74(77)79-72-73(71-76)80-75(78)70-68-66-64-62-60-58-56-54-52-50-48-46-44-41-32-30-28-26-24-22-20-18-16-14-12-10-8-6-4-2/h6,8,12,14,18,20-21,23-24,26,30,32,73,76H,3-5,7,9-11,13,15-17,19,22,25,27-29,31,33-72H2,1-2H3/b8-6-,14-12-,20-18-,23-21-,26-24-,32-30-. The van der Waals surface area contributed by atoms with Crippen molar-refractivity contribution in [2.45, 2.75) is 380 Å². The van der Waals surface area contributed by atoms with E-state index in [9.17, 15) is 14.7 Å². The van der Waals surface area contributed by atoms with E-state index in [2.05, 4.69) is 86.8 Å². The number of hydrogen-bond donors (Lipinski definition) is 1. The Balaban J connectivity index is 3.40. The second kappa shape index (κ2) is 70.6. The molecule has 0 bridgehead atoms. The van der Waals surface area contributed by atoms with E-state index in [-0.39, 0.29) is 25.2 Å². The Bertz CT molecular complexity index is 1400. The second-order valence-electron chi connectivity index (χ2n) is 23.9. The van der Waals surface area contributed by atoms with Gasteiger partial charge in [0.05, 0.1) is 6.61 Å². The number of unbranched alkanes of at least 4 members (excludes halogenated alkanes) is 46. The van der Waals surface area contributed by atoms with Gasteiger partial charge in [-0.2, -0.15) is 0 Å². The van der Waals surface area contributed by atoms with Gasteiger partial charge < -0.3 is 14.6 Å². The van der Waals surface area contributed by atoms with Gasteiger partial charge >= 0.3 is 11.9 Å². The molecule has 0 aromatic carbocycles. The van der Waals surface area contributed by atoms with Gasteiger partial charge in [0, 0.05) is 12.8 Å². The molecule has 1 N–H and O–H groups in total. The van der Waals surface area contributed by atoms with Crippen LogP contribution >= 0.6 is 0 Å². The van der Waals surface area contributed by atoms with E-state index in [1.807, 2.05) is 0 Å². The molecule has 466 valence electrons. The first kappa shape index (κ1) is 77.3. The highest BCUT2D eigenvalue weighted by Crippen LogP contribution is 2.19. The lowest BCUT2D eigenvalue weighted by atomic mass is 10.0. The molecule has 0 heterocycles. The van der Waals surface area contributed by atoms with Crippen molar-refractivity contribution >= 4 is 11.9 Å². The van der Waals surface area contributed by atoms with Crippen LogP contribution in [-0.4, -0.2) is 36.4 Å². The number of carbonyl (C=O) groups is 2. The van der Waals surface area contributed by atoms with Crippen LogP contribution in [0.4, 0.5) is 0 Å². The third-order valence-electron chi connectivity index (χ3n) is 16.0. The van der Waals surface area contributed by atoms with E-state index in [1.165, 1.54) is 276 Å². The van der Waals surface area contributed by atoms with Crippen molar-refractivity contribution in [3.05, 3.63) is 72.9 Å². The van der Waals surface area contributed by atoms with E-state index in [4.69, 9.17) is 9.47 Å². The Morgan fingerprint density at radius 1 is 0.300 bits per heavy atom. The summed E-state index contributed by atoms with van der Waals surface area (Å²) < 4.78 is 10.8. The molecule has 0 fully saturated rings. The molecule has 0 aliphatic rings. The first-order chi connectivity index (χ1) is 39.6.